The van der Waals surface area contributed by atoms with E-state index >= 15 is 0 Å². The zero-order chi connectivity index (χ0) is 16.9. The first-order valence-electron chi connectivity index (χ1n) is 7.91. The summed E-state index contributed by atoms with van der Waals surface area (Å²) in [4.78, 5) is 0. The Morgan fingerprint density at radius 1 is 1.17 bits per heavy atom. The highest BCUT2D eigenvalue weighted by atomic mass is 16.5. The molecule has 0 saturated carbocycles. The van der Waals surface area contributed by atoms with Crippen LogP contribution in [0.1, 0.15) is 28.7 Å². The van der Waals surface area contributed by atoms with Crippen LogP contribution in [0.3, 0.4) is 0 Å². The second-order valence-electron chi connectivity index (χ2n) is 5.82. The van der Waals surface area contributed by atoms with Crippen molar-refractivity contribution in [2.75, 3.05) is 0 Å². The van der Waals surface area contributed by atoms with E-state index in [4.69, 9.17) is 21.6 Å². The van der Waals surface area contributed by atoms with Gasteiger partial charge in [0.25, 0.3) is 0 Å². The molecule has 0 radical (unpaired) electrons. The molecule has 0 bridgehead atoms. The number of rotatable bonds is 5. The summed E-state index contributed by atoms with van der Waals surface area (Å²) in [6.07, 6.45) is 3.52. The molecule has 0 aromatic heterocycles. The van der Waals surface area contributed by atoms with E-state index in [-0.39, 0.29) is 5.70 Å². The fraction of sp³-hybridized carbons (Fsp3) is 0.211. The highest BCUT2D eigenvalue weighted by molar-refractivity contribution is 5.68. The predicted molar refractivity (Wildman–Crippen MR) is 93.3 cm³/mol. The van der Waals surface area contributed by atoms with Crippen LogP contribution in [0.25, 0.3) is 5.70 Å². The minimum absolute atomic E-state index is 0.145. The Morgan fingerprint density at radius 2 is 2.00 bits per heavy atom. The molecule has 5 heteroatoms. The summed E-state index contributed by atoms with van der Waals surface area (Å²) in [7, 11) is 0. The Hall–Kier alpha value is -2.97. The molecular formula is C19H20N4O. The molecule has 1 aliphatic carbocycles. The van der Waals surface area contributed by atoms with E-state index in [1.54, 1.807) is 0 Å². The first-order valence-corrected chi connectivity index (χ1v) is 7.91. The maximum atomic E-state index is 9.00. The molecule has 24 heavy (non-hydrogen) atoms. The van der Waals surface area contributed by atoms with Crippen molar-refractivity contribution >= 4 is 5.70 Å². The van der Waals surface area contributed by atoms with Crippen LogP contribution in [0.2, 0.25) is 0 Å². The van der Waals surface area contributed by atoms with Crippen molar-refractivity contribution in [3.05, 3.63) is 70.4 Å². The lowest BCUT2D eigenvalue weighted by molar-refractivity contribution is 0.306. The molecule has 2 aromatic carbocycles. The van der Waals surface area contributed by atoms with E-state index in [2.05, 4.69) is 17.6 Å². The van der Waals surface area contributed by atoms with Crippen molar-refractivity contribution in [2.24, 2.45) is 11.6 Å². The Kier molecular flexibility index (Phi) is 4.69. The van der Waals surface area contributed by atoms with E-state index in [9.17, 15) is 0 Å². The highest BCUT2D eigenvalue weighted by Gasteiger charge is 2.11. The molecule has 5 N–H and O–H groups in total. The van der Waals surface area contributed by atoms with Gasteiger partial charge in [0.1, 0.15) is 18.4 Å². The molecular weight excluding hydrogens is 300 g/mol. The number of nitrogens with one attached hydrogen (secondary N) is 1. The molecule has 0 saturated heterocycles. The number of aryl methyl sites for hydroxylation is 2. The Balaban J connectivity index is 1.74. The molecule has 0 spiro atoms. The lowest BCUT2D eigenvalue weighted by Crippen LogP contribution is -2.23. The third-order valence-corrected chi connectivity index (χ3v) is 4.24. The minimum Gasteiger partial charge on any atom is -0.489 e. The van der Waals surface area contributed by atoms with E-state index in [1.807, 2.05) is 36.4 Å². The largest absolute Gasteiger partial charge is 0.489 e. The smallest absolute Gasteiger partial charge is 0.151 e. The maximum absolute atomic E-state index is 9.00. The average molecular weight is 320 g/mol. The van der Waals surface area contributed by atoms with Crippen LogP contribution in [-0.4, -0.2) is 0 Å². The fourth-order valence-corrected chi connectivity index (χ4v) is 2.95. The molecule has 0 atom stereocenters. The zero-order valence-electron chi connectivity index (χ0n) is 13.4. The van der Waals surface area contributed by atoms with Crippen LogP contribution in [0.4, 0.5) is 0 Å². The van der Waals surface area contributed by atoms with Crippen molar-refractivity contribution in [1.82, 2.24) is 5.43 Å². The molecule has 5 nitrogen and oxygen atoms in total. The topological polar surface area (TPSA) is 97.1 Å². The van der Waals surface area contributed by atoms with Crippen LogP contribution in [-0.2, 0) is 19.4 Å². The van der Waals surface area contributed by atoms with Gasteiger partial charge in [-0.2, -0.15) is 5.26 Å². The van der Waals surface area contributed by atoms with E-state index in [0.29, 0.717) is 12.3 Å². The summed E-state index contributed by atoms with van der Waals surface area (Å²) in [5, 5.41) is 9.00. The van der Waals surface area contributed by atoms with Gasteiger partial charge in [-0.15, -0.1) is 0 Å². The van der Waals surface area contributed by atoms with E-state index in [0.717, 1.165) is 23.3 Å². The number of hydrazine groups is 1. The normalized spacial score (nSPS) is 13.7. The molecule has 122 valence electrons. The maximum Gasteiger partial charge on any atom is 0.151 e. The minimum atomic E-state index is 0.145. The van der Waals surface area contributed by atoms with Gasteiger partial charge in [-0.25, -0.2) is 5.84 Å². The number of nitriles is 1. The van der Waals surface area contributed by atoms with Crippen molar-refractivity contribution in [1.29, 1.82) is 5.26 Å². The summed E-state index contributed by atoms with van der Waals surface area (Å²) in [5.41, 5.74) is 13.3. The van der Waals surface area contributed by atoms with Gasteiger partial charge in [-0.3, -0.25) is 0 Å². The molecule has 0 aliphatic heterocycles. The van der Waals surface area contributed by atoms with Gasteiger partial charge in [0.05, 0.1) is 5.70 Å². The molecule has 0 fully saturated rings. The van der Waals surface area contributed by atoms with Crippen molar-refractivity contribution in [3.63, 3.8) is 0 Å². The molecule has 3 rings (SSSR count). The summed E-state index contributed by atoms with van der Waals surface area (Å²) < 4.78 is 5.90. The van der Waals surface area contributed by atoms with Gasteiger partial charge in [0.15, 0.2) is 5.70 Å². The number of hydrogen-bond acceptors (Lipinski definition) is 5. The molecule has 0 unspecified atom stereocenters. The first kappa shape index (κ1) is 15.9. The molecule has 1 aliphatic rings. The van der Waals surface area contributed by atoms with Crippen LogP contribution >= 0.6 is 0 Å². The molecule has 0 amide bonds. The molecule has 2 aromatic rings. The Bertz CT molecular complexity index is 820. The molecule has 0 heterocycles. The lowest BCUT2D eigenvalue weighted by Gasteiger charge is -2.10. The monoisotopic (exact) mass is 320 g/mol. The number of fused-ring (bicyclic) bond motifs is 1. The van der Waals surface area contributed by atoms with Gasteiger partial charge in [0, 0.05) is 5.56 Å². The highest BCUT2D eigenvalue weighted by Crippen LogP contribution is 2.26. The van der Waals surface area contributed by atoms with Crippen molar-refractivity contribution in [2.45, 2.75) is 25.9 Å². The third-order valence-electron chi connectivity index (χ3n) is 4.24. The second kappa shape index (κ2) is 7.07. The first-order chi connectivity index (χ1) is 11.7. The number of nitrogens with two attached hydrogens (primary N) is 2. The van der Waals surface area contributed by atoms with Crippen LogP contribution in [0, 0.1) is 11.3 Å². The number of hydrogen-bond donors (Lipinski definition) is 3. The van der Waals surface area contributed by atoms with Crippen molar-refractivity contribution in [3.8, 4) is 11.8 Å². The quantitative estimate of drug-likeness (QED) is 0.446. The predicted octanol–water partition coefficient (Wildman–Crippen LogP) is 2.37. The number of nitrogens with zero attached hydrogens (tertiary/aromatic N) is 1. The fourth-order valence-electron chi connectivity index (χ4n) is 2.95. The Labute approximate surface area is 141 Å². The van der Waals surface area contributed by atoms with Gasteiger partial charge in [-0.05, 0) is 54.2 Å². The van der Waals surface area contributed by atoms with Gasteiger partial charge in [-0.1, -0.05) is 24.3 Å². The average Bonchev–Trinajstić information content (AvgIpc) is 3.09. The SMILES string of the molecule is N#C/C(NN)=C(/N)c1cccc(COc2ccc3c(c2)CCC3)c1. The summed E-state index contributed by atoms with van der Waals surface area (Å²) in [6, 6.07) is 15.8. The second-order valence-corrected chi connectivity index (χ2v) is 5.82. The van der Waals surface area contributed by atoms with Crippen LogP contribution in [0.15, 0.2) is 48.2 Å². The van der Waals surface area contributed by atoms with Gasteiger partial charge < -0.3 is 15.9 Å². The summed E-state index contributed by atoms with van der Waals surface area (Å²) in [6.45, 7) is 0.442. The summed E-state index contributed by atoms with van der Waals surface area (Å²) >= 11 is 0. The Morgan fingerprint density at radius 3 is 2.79 bits per heavy atom. The lowest BCUT2D eigenvalue weighted by atomic mass is 10.1. The third kappa shape index (κ3) is 3.34. The summed E-state index contributed by atoms with van der Waals surface area (Å²) in [5.74, 6) is 6.18. The van der Waals surface area contributed by atoms with Crippen molar-refractivity contribution < 1.29 is 4.74 Å². The van der Waals surface area contributed by atoms with Gasteiger partial charge in [0.2, 0.25) is 0 Å². The van der Waals surface area contributed by atoms with Crippen LogP contribution < -0.4 is 21.7 Å². The van der Waals surface area contributed by atoms with E-state index in [1.165, 1.54) is 24.0 Å². The number of benzene rings is 2. The van der Waals surface area contributed by atoms with Crippen LogP contribution in [0.5, 0.6) is 5.75 Å². The standard InChI is InChI=1S/C19H20N4O/c20-11-18(23-22)19(21)16-6-1-3-13(9-16)12-24-17-8-7-14-4-2-5-15(14)10-17/h1,3,6-10,23H,2,4-5,12,21-22H2/b19-18-. The van der Waals surface area contributed by atoms with E-state index < -0.39 is 0 Å². The number of allylic oxidation sites excluding steroid dienone is 1. The zero-order valence-corrected chi connectivity index (χ0v) is 13.4. The van der Waals surface area contributed by atoms with Gasteiger partial charge >= 0.3 is 0 Å². The number of ether oxygens (including phenoxy) is 1.